The van der Waals surface area contributed by atoms with Crippen molar-refractivity contribution in [2.75, 3.05) is 12.0 Å². The summed E-state index contributed by atoms with van der Waals surface area (Å²) in [6.45, 7) is 3.72. The molecule has 0 radical (unpaired) electrons. The lowest BCUT2D eigenvalue weighted by atomic mass is 10.1. The van der Waals surface area contributed by atoms with E-state index in [2.05, 4.69) is 4.72 Å². The molecule has 0 aliphatic rings. The number of rotatable bonds is 8. The van der Waals surface area contributed by atoms with Gasteiger partial charge in [-0.15, -0.1) is 0 Å². The first-order valence-corrected chi connectivity index (χ1v) is 9.57. The fourth-order valence-electron chi connectivity index (χ4n) is 1.81. The van der Waals surface area contributed by atoms with Gasteiger partial charge < -0.3 is 5.11 Å². The van der Waals surface area contributed by atoms with Crippen LogP contribution in [0.2, 0.25) is 0 Å². The van der Waals surface area contributed by atoms with E-state index in [4.69, 9.17) is 0 Å². The Balaban J connectivity index is 2.87. The van der Waals surface area contributed by atoms with E-state index in [1.807, 2.05) is 20.1 Å². The second kappa shape index (κ2) is 8.02. The molecule has 2 unspecified atom stereocenters. The van der Waals surface area contributed by atoms with E-state index in [1.54, 1.807) is 30.0 Å². The average molecular weight is 317 g/mol. The zero-order valence-corrected chi connectivity index (χ0v) is 13.8. The third-order valence-corrected chi connectivity index (χ3v) is 5.28. The molecule has 0 saturated carbocycles. The van der Waals surface area contributed by atoms with E-state index >= 15 is 0 Å². The van der Waals surface area contributed by atoms with Crippen LogP contribution in [0.25, 0.3) is 0 Å². The normalized spacial score (nSPS) is 15.0. The van der Waals surface area contributed by atoms with Crippen LogP contribution in [0.15, 0.2) is 29.2 Å². The van der Waals surface area contributed by atoms with Gasteiger partial charge in [-0.05, 0) is 49.5 Å². The summed E-state index contributed by atoms with van der Waals surface area (Å²) in [4.78, 5) is 0.207. The van der Waals surface area contributed by atoms with Crippen LogP contribution in [0.1, 0.15) is 38.4 Å². The maximum atomic E-state index is 12.3. The highest BCUT2D eigenvalue weighted by Gasteiger charge is 2.18. The lowest BCUT2D eigenvalue weighted by molar-refractivity contribution is 0.173. The van der Waals surface area contributed by atoms with Crippen molar-refractivity contribution >= 4 is 21.8 Å². The first-order chi connectivity index (χ1) is 9.40. The topological polar surface area (TPSA) is 66.4 Å². The van der Waals surface area contributed by atoms with Gasteiger partial charge in [0.1, 0.15) is 0 Å². The van der Waals surface area contributed by atoms with E-state index < -0.39 is 16.1 Å². The summed E-state index contributed by atoms with van der Waals surface area (Å²) in [5, 5.41) is 9.80. The minimum atomic E-state index is -3.52. The van der Waals surface area contributed by atoms with E-state index in [0.29, 0.717) is 12.0 Å². The van der Waals surface area contributed by atoms with Gasteiger partial charge in [0.2, 0.25) is 10.0 Å². The Labute approximate surface area is 126 Å². The van der Waals surface area contributed by atoms with E-state index in [1.165, 1.54) is 6.07 Å². The molecular weight excluding hydrogens is 294 g/mol. The Hall–Kier alpha value is -0.560. The van der Waals surface area contributed by atoms with Gasteiger partial charge in [0.25, 0.3) is 0 Å². The molecule has 0 bridgehead atoms. The van der Waals surface area contributed by atoms with Crippen LogP contribution in [0.4, 0.5) is 0 Å². The molecule has 20 heavy (non-hydrogen) atoms. The largest absolute Gasteiger partial charge is 0.388 e. The van der Waals surface area contributed by atoms with Gasteiger partial charge in [-0.1, -0.05) is 19.1 Å². The zero-order chi connectivity index (χ0) is 15.2. The average Bonchev–Trinajstić information content (AvgIpc) is 2.44. The van der Waals surface area contributed by atoms with Crippen molar-refractivity contribution in [3.8, 4) is 0 Å². The number of aliphatic hydroxyl groups excluding tert-OH is 1. The lowest BCUT2D eigenvalue weighted by Crippen LogP contribution is -2.33. The van der Waals surface area contributed by atoms with Crippen molar-refractivity contribution in [1.29, 1.82) is 0 Å². The molecule has 0 aromatic heterocycles. The molecule has 2 N–H and O–H groups in total. The maximum absolute atomic E-state index is 12.3. The molecule has 6 heteroatoms. The quantitative estimate of drug-likeness (QED) is 0.773. The Morgan fingerprint density at radius 1 is 1.40 bits per heavy atom. The summed E-state index contributed by atoms with van der Waals surface area (Å²) in [5.41, 5.74) is 0.632. The number of aliphatic hydroxyl groups is 1. The molecule has 2 atom stereocenters. The molecule has 0 amide bonds. The van der Waals surface area contributed by atoms with Gasteiger partial charge in [-0.2, -0.15) is 11.8 Å². The smallest absolute Gasteiger partial charge is 0.240 e. The van der Waals surface area contributed by atoms with Crippen LogP contribution in [-0.2, 0) is 10.0 Å². The first kappa shape index (κ1) is 17.5. The first-order valence-electron chi connectivity index (χ1n) is 6.70. The predicted octanol–water partition coefficient (Wildman–Crippen LogP) is 2.55. The fraction of sp³-hybridized carbons (Fsp3) is 0.571. The summed E-state index contributed by atoms with van der Waals surface area (Å²) in [5.74, 6) is 0.915. The van der Waals surface area contributed by atoms with Gasteiger partial charge in [0.15, 0.2) is 0 Å². The van der Waals surface area contributed by atoms with Crippen LogP contribution in [0, 0.1) is 0 Å². The van der Waals surface area contributed by atoms with E-state index in [9.17, 15) is 13.5 Å². The van der Waals surface area contributed by atoms with Gasteiger partial charge in [-0.25, -0.2) is 13.1 Å². The zero-order valence-electron chi connectivity index (χ0n) is 12.2. The lowest BCUT2D eigenvalue weighted by Gasteiger charge is -2.15. The summed E-state index contributed by atoms with van der Waals surface area (Å²) in [6.07, 6.45) is 2.72. The Bertz CT molecular complexity index is 517. The number of benzene rings is 1. The molecule has 0 aliphatic heterocycles. The molecule has 0 heterocycles. The minimum Gasteiger partial charge on any atom is -0.388 e. The van der Waals surface area contributed by atoms with Crippen molar-refractivity contribution in [3.63, 3.8) is 0 Å². The highest BCUT2D eigenvalue weighted by atomic mass is 32.2. The molecule has 0 aliphatic carbocycles. The number of sulfonamides is 1. The number of hydrogen-bond acceptors (Lipinski definition) is 4. The summed E-state index contributed by atoms with van der Waals surface area (Å²) in [7, 11) is -3.52. The summed E-state index contributed by atoms with van der Waals surface area (Å²) in [6, 6.07) is 6.39. The second-order valence-electron chi connectivity index (χ2n) is 4.80. The van der Waals surface area contributed by atoms with Crippen LogP contribution in [0.3, 0.4) is 0 Å². The number of thioether (sulfide) groups is 1. The summed E-state index contributed by atoms with van der Waals surface area (Å²) >= 11 is 1.69. The van der Waals surface area contributed by atoms with Crippen molar-refractivity contribution < 1.29 is 13.5 Å². The molecule has 114 valence electrons. The van der Waals surface area contributed by atoms with Crippen LogP contribution < -0.4 is 4.72 Å². The van der Waals surface area contributed by atoms with Crippen molar-refractivity contribution in [1.82, 2.24) is 4.72 Å². The summed E-state index contributed by atoms with van der Waals surface area (Å²) < 4.78 is 27.2. The molecule has 4 nitrogen and oxygen atoms in total. The number of nitrogens with one attached hydrogen (secondary N) is 1. The van der Waals surface area contributed by atoms with Crippen LogP contribution in [0.5, 0.6) is 0 Å². The molecule has 1 aromatic carbocycles. The molecule has 1 aromatic rings. The third-order valence-electron chi connectivity index (χ3n) is 3.05. The molecule has 1 rings (SSSR count). The van der Waals surface area contributed by atoms with Crippen molar-refractivity contribution in [3.05, 3.63) is 29.8 Å². The Kier molecular flexibility index (Phi) is 7.02. The van der Waals surface area contributed by atoms with E-state index in [-0.39, 0.29) is 10.9 Å². The van der Waals surface area contributed by atoms with E-state index in [0.717, 1.165) is 12.2 Å². The Morgan fingerprint density at radius 3 is 2.70 bits per heavy atom. The second-order valence-corrected chi connectivity index (χ2v) is 7.50. The molecular formula is C14H23NO3S2. The predicted molar refractivity (Wildman–Crippen MR) is 84.5 cm³/mol. The SMILES string of the molecule is CCC(O)c1cccc(S(=O)(=O)NC(C)CCSC)c1. The molecule has 0 saturated heterocycles. The monoisotopic (exact) mass is 317 g/mol. The minimum absolute atomic E-state index is 0.104. The van der Waals surface area contributed by atoms with Crippen LogP contribution in [-0.4, -0.2) is 31.6 Å². The Morgan fingerprint density at radius 2 is 2.10 bits per heavy atom. The standard InChI is InChI=1S/C14H23NO3S2/c1-4-14(16)12-6-5-7-13(10-12)20(17,18)15-11(2)8-9-19-3/h5-7,10-11,14-16H,4,8-9H2,1-3H3. The maximum Gasteiger partial charge on any atom is 0.240 e. The van der Waals surface area contributed by atoms with Gasteiger partial charge >= 0.3 is 0 Å². The third kappa shape index (κ3) is 5.09. The van der Waals surface area contributed by atoms with Crippen LogP contribution >= 0.6 is 11.8 Å². The number of hydrogen-bond donors (Lipinski definition) is 2. The van der Waals surface area contributed by atoms with Gasteiger partial charge in [-0.3, -0.25) is 0 Å². The fourth-order valence-corrected chi connectivity index (χ4v) is 3.73. The van der Waals surface area contributed by atoms with Crippen molar-refractivity contribution in [2.45, 2.75) is 43.7 Å². The van der Waals surface area contributed by atoms with Crippen molar-refractivity contribution in [2.24, 2.45) is 0 Å². The molecule has 0 spiro atoms. The van der Waals surface area contributed by atoms with Gasteiger partial charge in [0, 0.05) is 6.04 Å². The highest BCUT2D eigenvalue weighted by Crippen LogP contribution is 2.20. The van der Waals surface area contributed by atoms with Gasteiger partial charge in [0.05, 0.1) is 11.0 Å². The highest BCUT2D eigenvalue weighted by molar-refractivity contribution is 7.98. The molecule has 0 fully saturated rings.